The van der Waals surface area contributed by atoms with Gasteiger partial charge in [0.15, 0.2) is 5.78 Å². The number of aryl methyl sites for hydroxylation is 3. The maximum Gasteiger partial charge on any atom is 0.193 e. The molecular weight excluding hydrogens is 292 g/mol. The average Bonchev–Trinajstić information content (AvgIpc) is 2.59. The highest BCUT2D eigenvalue weighted by atomic mass is 16.1. The molecule has 0 fully saturated rings. The van der Waals surface area contributed by atoms with Crippen LogP contribution in [0.2, 0.25) is 0 Å². The lowest BCUT2D eigenvalue weighted by molar-refractivity contribution is 0.103. The van der Waals surface area contributed by atoms with E-state index < -0.39 is 0 Å². The molecule has 120 valence electrons. The van der Waals surface area contributed by atoms with Gasteiger partial charge in [0, 0.05) is 11.1 Å². The number of carbonyl (C=O) groups is 1. The van der Waals surface area contributed by atoms with Gasteiger partial charge in [-0.2, -0.15) is 0 Å². The van der Waals surface area contributed by atoms with Crippen LogP contribution >= 0.6 is 0 Å². The quantitative estimate of drug-likeness (QED) is 0.557. The number of rotatable bonds is 3. The zero-order valence-electron chi connectivity index (χ0n) is 14.7. The molecule has 0 aliphatic carbocycles. The Morgan fingerprint density at radius 2 is 1.33 bits per heavy atom. The zero-order valence-corrected chi connectivity index (χ0v) is 14.7. The van der Waals surface area contributed by atoms with Gasteiger partial charge in [0.2, 0.25) is 0 Å². The van der Waals surface area contributed by atoms with Crippen molar-refractivity contribution < 1.29 is 4.79 Å². The zero-order chi connectivity index (χ0) is 17.3. The third-order valence-electron chi connectivity index (χ3n) is 4.83. The summed E-state index contributed by atoms with van der Waals surface area (Å²) in [7, 11) is 0. The number of carbonyl (C=O) groups excluding carboxylic acids is 1. The molecule has 0 amide bonds. The van der Waals surface area contributed by atoms with Crippen molar-refractivity contribution in [1.29, 1.82) is 0 Å². The van der Waals surface area contributed by atoms with E-state index in [1.54, 1.807) is 0 Å². The highest BCUT2D eigenvalue weighted by molar-refractivity contribution is 6.09. The van der Waals surface area contributed by atoms with E-state index >= 15 is 0 Å². The molecule has 0 heterocycles. The van der Waals surface area contributed by atoms with Gasteiger partial charge in [0.1, 0.15) is 0 Å². The smallest absolute Gasteiger partial charge is 0.193 e. The van der Waals surface area contributed by atoms with Gasteiger partial charge in [-0.15, -0.1) is 0 Å². The fourth-order valence-corrected chi connectivity index (χ4v) is 2.91. The van der Waals surface area contributed by atoms with Crippen molar-refractivity contribution in [3.05, 3.63) is 94.0 Å². The lowest BCUT2D eigenvalue weighted by atomic mass is 9.94. The minimum Gasteiger partial charge on any atom is -0.289 e. The van der Waals surface area contributed by atoms with Crippen LogP contribution in [0.15, 0.2) is 60.7 Å². The van der Waals surface area contributed by atoms with Gasteiger partial charge in [0.25, 0.3) is 0 Å². The summed E-state index contributed by atoms with van der Waals surface area (Å²) in [5.74, 6) is 0.0746. The molecule has 0 aliphatic heterocycles. The summed E-state index contributed by atoms with van der Waals surface area (Å²) in [6, 6.07) is 20.1. The average molecular weight is 314 g/mol. The van der Waals surface area contributed by atoms with Gasteiger partial charge in [-0.3, -0.25) is 4.79 Å². The molecule has 3 aromatic carbocycles. The van der Waals surface area contributed by atoms with Crippen LogP contribution in [-0.2, 0) is 0 Å². The van der Waals surface area contributed by atoms with E-state index in [-0.39, 0.29) is 5.78 Å². The van der Waals surface area contributed by atoms with Crippen LogP contribution in [0.5, 0.6) is 0 Å². The molecule has 0 atom stereocenters. The predicted molar refractivity (Wildman–Crippen MR) is 101 cm³/mol. The number of hydrogen-bond acceptors (Lipinski definition) is 1. The van der Waals surface area contributed by atoms with Gasteiger partial charge in [-0.1, -0.05) is 54.6 Å². The normalized spacial score (nSPS) is 10.7. The van der Waals surface area contributed by atoms with E-state index in [1.807, 2.05) is 49.4 Å². The molecule has 24 heavy (non-hydrogen) atoms. The van der Waals surface area contributed by atoms with Crippen LogP contribution in [0.3, 0.4) is 0 Å². The molecule has 0 saturated carbocycles. The monoisotopic (exact) mass is 314 g/mol. The largest absolute Gasteiger partial charge is 0.289 e. The van der Waals surface area contributed by atoms with Crippen LogP contribution in [0.1, 0.15) is 38.2 Å². The van der Waals surface area contributed by atoms with Crippen molar-refractivity contribution in [3.8, 4) is 11.1 Å². The second kappa shape index (κ2) is 6.45. The first-order valence-electron chi connectivity index (χ1n) is 8.26. The standard InChI is InChI=1S/C23H22O/c1-15-8-9-21(14-17(15)3)23(24)20-12-10-19(11-13-20)22-7-5-6-16(2)18(22)4/h5-14H,1-4H3. The van der Waals surface area contributed by atoms with Gasteiger partial charge in [-0.25, -0.2) is 0 Å². The molecule has 0 aromatic heterocycles. The molecule has 0 unspecified atom stereocenters. The Labute approximate surface area is 144 Å². The first-order valence-corrected chi connectivity index (χ1v) is 8.26. The third kappa shape index (κ3) is 3.03. The van der Waals surface area contributed by atoms with E-state index in [9.17, 15) is 4.79 Å². The maximum absolute atomic E-state index is 12.7. The lowest BCUT2D eigenvalue weighted by Crippen LogP contribution is -2.02. The summed E-state index contributed by atoms with van der Waals surface area (Å²) < 4.78 is 0. The highest BCUT2D eigenvalue weighted by Crippen LogP contribution is 2.26. The van der Waals surface area contributed by atoms with Crippen LogP contribution in [0.25, 0.3) is 11.1 Å². The van der Waals surface area contributed by atoms with E-state index in [4.69, 9.17) is 0 Å². The summed E-state index contributed by atoms with van der Waals surface area (Å²) in [6.07, 6.45) is 0. The minimum absolute atomic E-state index is 0.0746. The molecule has 3 aromatic rings. The fraction of sp³-hybridized carbons (Fsp3) is 0.174. The molecule has 0 aliphatic rings. The SMILES string of the molecule is Cc1ccc(C(=O)c2ccc(-c3cccc(C)c3C)cc2)cc1C. The van der Waals surface area contributed by atoms with Crippen LogP contribution in [-0.4, -0.2) is 5.78 Å². The molecule has 1 heteroatoms. The second-order valence-corrected chi connectivity index (χ2v) is 6.45. The van der Waals surface area contributed by atoms with Gasteiger partial charge in [0.05, 0.1) is 0 Å². The molecule has 0 radical (unpaired) electrons. The lowest BCUT2D eigenvalue weighted by Gasteiger charge is -2.10. The van der Waals surface area contributed by atoms with Gasteiger partial charge in [-0.05, 0) is 67.1 Å². The van der Waals surface area contributed by atoms with Crippen molar-refractivity contribution in [2.75, 3.05) is 0 Å². The first-order chi connectivity index (χ1) is 11.5. The van der Waals surface area contributed by atoms with E-state index in [2.05, 4.69) is 39.0 Å². The van der Waals surface area contributed by atoms with E-state index in [0.29, 0.717) is 0 Å². The topological polar surface area (TPSA) is 17.1 Å². The molecular formula is C23H22O. The maximum atomic E-state index is 12.7. The summed E-state index contributed by atoms with van der Waals surface area (Å²) >= 11 is 0. The molecule has 0 spiro atoms. The molecule has 1 nitrogen and oxygen atoms in total. The molecule has 3 rings (SSSR count). The van der Waals surface area contributed by atoms with Crippen LogP contribution in [0.4, 0.5) is 0 Å². The van der Waals surface area contributed by atoms with Crippen molar-refractivity contribution in [2.45, 2.75) is 27.7 Å². The van der Waals surface area contributed by atoms with Gasteiger partial charge < -0.3 is 0 Å². The van der Waals surface area contributed by atoms with Crippen molar-refractivity contribution in [1.82, 2.24) is 0 Å². The molecule has 0 bridgehead atoms. The number of hydrogen-bond donors (Lipinski definition) is 0. The second-order valence-electron chi connectivity index (χ2n) is 6.45. The Kier molecular flexibility index (Phi) is 4.35. The first kappa shape index (κ1) is 16.2. The minimum atomic E-state index is 0.0746. The Balaban J connectivity index is 1.93. The number of ketones is 1. The van der Waals surface area contributed by atoms with E-state index in [1.165, 1.54) is 22.3 Å². The van der Waals surface area contributed by atoms with Crippen molar-refractivity contribution >= 4 is 5.78 Å². The van der Waals surface area contributed by atoms with E-state index in [0.717, 1.165) is 22.3 Å². The Morgan fingerprint density at radius 3 is 2.00 bits per heavy atom. The molecule has 0 saturated heterocycles. The third-order valence-corrected chi connectivity index (χ3v) is 4.83. The Morgan fingerprint density at radius 1 is 0.667 bits per heavy atom. The van der Waals surface area contributed by atoms with Gasteiger partial charge >= 0.3 is 0 Å². The highest BCUT2D eigenvalue weighted by Gasteiger charge is 2.11. The molecule has 0 N–H and O–H groups in total. The fourth-order valence-electron chi connectivity index (χ4n) is 2.91. The van der Waals surface area contributed by atoms with Crippen molar-refractivity contribution in [3.63, 3.8) is 0 Å². The summed E-state index contributed by atoms with van der Waals surface area (Å²) in [4.78, 5) is 12.7. The summed E-state index contributed by atoms with van der Waals surface area (Å²) in [5, 5.41) is 0. The van der Waals surface area contributed by atoms with Crippen LogP contribution < -0.4 is 0 Å². The summed E-state index contributed by atoms with van der Waals surface area (Å²) in [5.41, 5.74) is 8.76. The number of benzene rings is 3. The Hall–Kier alpha value is -2.67. The summed E-state index contributed by atoms with van der Waals surface area (Å²) in [6.45, 7) is 8.35. The van der Waals surface area contributed by atoms with Crippen LogP contribution in [0, 0.1) is 27.7 Å². The predicted octanol–water partition coefficient (Wildman–Crippen LogP) is 5.82. The Bertz CT molecular complexity index is 902. The van der Waals surface area contributed by atoms with Crippen molar-refractivity contribution in [2.24, 2.45) is 0 Å².